The molecule has 124 valence electrons. The Morgan fingerprint density at radius 3 is 2.48 bits per heavy atom. The van der Waals surface area contributed by atoms with Gasteiger partial charge in [0.05, 0.1) is 5.02 Å². The normalized spacial score (nSPS) is 12.2. The molecule has 0 heterocycles. The van der Waals surface area contributed by atoms with E-state index in [4.69, 9.17) is 21.1 Å². The number of aliphatic hydroxyl groups excluding tert-OH is 1. The monoisotopic (exact) mass is 335 g/mol. The Bertz CT molecular complexity index is 579. The van der Waals surface area contributed by atoms with Crippen LogP contribution in [0.4, 0.5) is 0 Å². The number of rotatable bonds is 9. The van der Waals surface area contributed by atoms with E-state index in [0.29, 0.717) is 23.9 Å². The quantitative estimate of drug-likeness (QED) is 0.764. The molecule has 0 bridgehead atoms. The molecule has 4 nitrogen and oxygen atoms in total. The van der Waals surface area contributed by atoms with E-state index < -0.39 is 6.10 Å². The summed E-state index contributed by atoms with van der Waals surface area (Å²) in [7, 11) is 1.94. The fourth-order valence-corrected chi connectivity index (χ4v) is 2.28. The maximum absolute atomic E-state index is 10.0. The van der Waals surface area contributed by atoms with Gasteiger partial charge in [-0.25, -0.2) is 0 Å². The van der Waals surface area contributed by atoms with Crippen molar-refractivity contribution in [2.75, 3.05) is 33.4 Å². The lowest BCUT2D eigenvalue weighted by Crippen LogP contribution is -2.35. The van der Waals surface area contributed by atoms with Gasteiger partial charge in [0.2, 0.25) is 0 Å². The lowest BCUT2D eigenvalue weighted by atomic mass is 10.3. The topological polar surface area (TPSA) is 41.9 Å². The molecule has 2 aromatic rings. The molecule has 0 saturated carbocycles. The maximum Gasteiger partial charge on any atom is 0.138 e. The van der Waals surface area contributed by atoms with Crippen molar-refractivity contribution in [3.63, 3.8) is 0 Å². The van der Waals surface area contributed by atoms with Crippen LogP contribution in [0.3, 0.4) is 0 Å². The molecule has 5 heteroatoms. The molecular weight excluding hydrogens is 314 g/mol. The van der Waals surface area contributed by atoms with Crippen molar-refractivity contribution in [1.82, 2.24) is 4.90 Å². The van der Waals surface area contributed by atoms with E-state index in [9.17, 15) is 5.11 Å². The SMILES string of the molecule is CN(CCOc1ccccc1)CC(O)COc1ccccc1Cl. The number of aliphatic hydroxyl groups is 1. The summed E-state index contributed by atoms with van der Waals surface area (Å²) in [5.41, 5.74) is 0. The van der Waals surface area contributed by atoms with E-state index in [1.807, 2.05) is 54.4 Å². The molecule has 0 spiro atoms. The predicted molar refractivity (Wildman–Crippen MR) is 92.4 cm³/mol. The summed E-state index contributed by atoms with van der Waals surface area (Å²) in [6, 6.07) is 16.9. The second-order valence-corrected chi connectivity index (χ2v) is 5.73. The Hall–Kier alpha value is -1.75. The van der Waals surface area contributed by atoms with Crippen molar-refractivity contribution in [3.05, 3.63) is 59.6 Å². The number of likely N-dealkylation sites (N-methyl/N-ethyl adjacent to an activating group) is 1. The minimum absolute atomic E-state index is 0.202. The number of hydrogen-bond acceptors (Lipinski definition) is 4. The fourth-order valence-electron chi connectivity index (χ4n) is 2.09. The van der Waals surface area contributed by atoms with Crippen LogP contribution in [0.25, 0.3) is 0 Å². The highest BCUT2D eigenvalue weighted by Crippen LogP contribution is 2.23. The highest BCUT2D eigenvalue weighted by Gasteiger charge is 2.10. The number of benzene rings is 2. The second-order valence-electron chi connectivity index (χ2n) is 5.32. The first-order valence-corrected chi connectivity index (χ1v) is 7.94. The van der Waals surface area contributed by atoms with Gasteiger partial charge in [0.1, 0.15) is 30.8 Å². The summed E-state index contributed by atoms with van der Waals surface area (Å²) in [4.78, 5) is 2.00. The number of halogens is 1. The van der Waals surface area contributed by atoms with Crippen LogP contribution in [-0.4, -0.2) is 49.5 Å². The van der Waals surface area contributed by atoms with Gasteiger partial charge >= 0.3 is 0 Å². The predicted octanol–water partition coefficient (Wildman–Crippen LogP) is 3.09. The van der Waals surface area contributed by atoms with E-state index in [1.54, 1.807) is 12.1 Å². The molecule has 1 atom stereocenters. The highest BCUT2D eigenvalue weighted by atomic mass is 35.5. The zero-order valence-electron chi connectivity index (χ0n) is 13.2. The molecule has 2 rings (SSSR count). The first kappa shape index (κ1) is 17.6. The maximum atomic E-state index is 10.0. The second kappa shape index (κ2) is 9.40. The fraction of sp³-hybridized carbons (Fsp3) is 0.333. The molecule has 23 heavy (non-hydrogen) atoms. The molecule has 0 fully saturated rings. The molecule has 1 N–H and O–H groups in total. The lowest BCUT2D eigenvalue weighted by molar-refractivity contribution is 0.0723. The first-order chi connectivity index (χ1) is 11.1. The molecule has 0 aliphatic heterocycles. The van der Waals surface area contributed by atoms with Crippen molar-refractivity contribution in [3.8, 4) is 11.5 Å². The zero-order chi connectivity index (χ0) is 16.5. The number of nitrogens with zero attached hydrogens (tertiary/aromatic N) is 1. The van der Waals surface area contributed by atoms with Crippen LogP contribution in [0.1, 0.15) is 0 Å². The summed E-state index contributed by atoms with van der Waals surface area (Å²) in [5.74, 6) is 1.44. The average molecular weight is 336 g/mol. The van der Waals surface area contributed by atoms with Gasteiger partial charge in [-0.05, 0) is 31.3 Å². The van der Waals surface area contributed by atoms with E-state index in [2.05, 4.69) is 0 Å². The Kier molecular flexibility index (Phi) is 7.20. The molecule has 0 aliphatic rings. The first-order valence-electron chi connectivity index (χ1n) is 7.57. The Balaban J connectivity index is 1.64. The van der Waals surface area contributed by atoms with E-state index in [1.165, 1.54) is 0 Å². The van der Waals surface area contributed by atoms with Crippen LogP contribution >= 0.6 is 11.6 Å². The van der Waals surface area contributed by atoms with Crippen LogP contribution in [-0.2, 0) is 0 Å². The van der Waals surface area contributed by atoms with Crippen molar-refractivity contribution in [1.29, 1.82) is 0 Å². The number of para-hydroxylation sites is 2. The minimum Gasteiger partial charge on any atom is -0.492 e. The molecule has 2 aromatic carbocycles. The molecule has 0 aromatic heterocycles. The zero-order valence-corrected chi connectivity index (χ0v) is 13.9. The van der Waals surface area contributed by atoms with Gasteiger partial charge in [0, 0.05) is 13.1 Å². The molecular formula is C18H22ClNO3. The summed E-state index contributed by atoms with van der Waals surface area (Å²) in [6.07, 6.45) is -0.590. The van der Waals surface area contributed by atoms with Crippen molar-refractivity contribution < 1.29 is 14.6 Å². The third-order valence-electron chi connectivity index (χ3n) is 3.28. The van der Waals surface area contributed by atoms with Gasteiger partial charge in [-0.1, -0.05) is 41.9 Å². The van der Waals surface area contributed by atoms with Crippen molar-refractivity contribution in [2.45, 2.75) is 6.10 Å². The Morgan fingerprint density at radius 2 is 1.74 bits per heavy atom. The Morgan fingerprint density at radius 1 is 1.04 bits per heavy atom. The smallest absolute Gasteiger partial charge is 0.138 e. The molecule has 0 amide bonds. The summed E-state index contributed by atoms with van der Waals surface area (Å²) >= 11 is 6.01. The summed E-state index contributed by atoms with van der Waals surface area (Å²) < 4.78 is 11.2. The third kappa shape index (κ3) is 6.48. The van der Waals surface area contributed by atoms with Crippen LogP contribution in [0.5, 0.6) is 11.5 Å². The highest BCUT2D eigenvalue weighted by molar-refractivity contribution is 6.32. The van der Waals surface area contributed by atoms with Gasteiger partial charge in [-0.2, -0.15) is 0 Å². The van der Waals surface area contributed by atoms with Gasteiger partial charge in [0.25, 0.3) is 0 Å². The number of hydrogen-bond donors (Lipinski definition) is 1. The van der Waals surface area contributed by atoms with Crippen LogP contribution in [0.15, 0.2) is 54.6 Å². The lowest BCUT2D eigenvalue weighted by Gasteiger charge is -2.21. The van der Waals surface area contributed by atoms with Crippen LogP contribution in [0, 0.1) is 0 Å². The third-order valence-corrected chi connectivity index (χ3v) is 3.59. The molecule has 0 radical (unpaired) electrons. The van der Waals surface area contributed by atoms with Crippen LogP contribution < -0.4 is 9.47 Å². The van der Waals surface area contributed by atoms with Gasteiger partial charge in [0.15, 0.2) is 0 Å². The van der Waals surface area contributed by atoms with Crippen molar-refractivity contribution >= 4 is 11.6 Å². The van der Waals surface area contributed by atoms with Crippen molar-refractivity contribution in [2.24, 2.45) is 0 Å². The standard InChI is InChI=1S/C18H22ClNO3/c1-20(11-12-22-16-7-3-2-4-8-16)13-15(21)14-23-18-10-6-5-9-17(18)19/h2-10,15,21H,11-14H2,1H3. The minimum atomic E-state index is -0.590. The van der Waals surface area contributed by atoms with Gasteiger partial charge in [-0.15, -0.1) is 0 Å². The summed E-state index contributed by atoms with van der Waals surface area (Å²) in [6.45, 7) is 1.99. The van der Waals surface area contributed by atoms with E-state index in [-0.39, 0.29) is 6.61 Å². The average Bonchev–Trinajstić information content (AvgIpc) is 2.55. The van der Waals surface area contributed by atoms with Gasteiger partial charge < -0.3 is 19.5 Å². The van der Waals surface area contributed by atoms with Gasteiger partial charge in [-0.3, -0.25) is 0 Å². The van der Waals surface area contributed by atoms with Crippen LogP contribution in [0.2, 0.25) is 5.02 Å². The molecule has 0 aliphatic carbocycles. The summed E-state index contributed by atoms with van der Waals surface area (Å²) in [5, 5.41) is 10.6. The molecule has 1 unspecified atom stereocenters. The Labute approximate surface area is 142 Å². The van der Waals surface area contributed by atoms with E-state index in [0.717, 1.165) is 12.3 Å². The number of ether oxygens (including phenoxy) is 2. The molecule has 0 saturated heterocycles. The largest absolute Gasteiger partial charge is 0.492 e. The van der Waals surface area contributed by atoms with E-state index >= 15 is 0 Å².